The van der Waals surface area contributed by atoms with Crippen molar-refractivity contribution in [1.29, 1.82) is 0 Å². The molecule has 0 heterocycles. The van der Waals surface area contributed by atoms with E-state index in [0.29, 0.717) is 0 Å². The molecular weight excluding hydrogens is 181 g/mol. The van der Waals surface area contributed by atoms with Crippen molar-refractivity contribution in [1.82, 2.24) is 0 Å². The monoisotopic (exact) mass is 186 g/mol. The Morgan fingerprint density at radius 2 is 2.00 bits per heavy atom. The summed E-state index contributed by atoms with van der Waals surface area (Å²) in [5.74, 6) is 1.42. The second-order valence-electron chi connectivity index (χ2n) is 2.39. The highest BCUT2D eigenvalue weighted by molar-refractivity contribution is 5.74. The molecule has 0 fully saturated rings. The fraction of sp³-hybridized carbons (Fsp3) is 0.111. The van der Waals surface area contributed by atoms with Crippen molar-refractivity contribution in [2.75, 3.05) is 0 Å². The third-order valence-electron chi connectivity index (χ3n) is 1.44. The molecule has 0 spiro atoms. The van der Waals surface area contributed by atoms with Gasteiger partial charge < -0.3 is 0 Å². The summed E-state index contributed by atoms with van der Waals surface area (Å²) in [5, 5.41) is 0. The zero-order chi connectivity index (χ0) is 9.90. The van der Waals surface area contributed by atoms with Crippen molar-refractivity contribution in [3.05, 3.63) is 35.4 Å². The first-order valence-corrected chi connectivity index (χ1v) is 3.42. The van der Waals surface area contributed by atoms with Crippen molar-refractivity contribution < 1.29 is 18.0 Å². The van der Waals surface area contributed by atoms with E-state index in [4.69, 9.17) is 0 Å². The molecule has 0 N–H and O–H groups in total. The highest BCUT2D eigenvalue weighted by atomic mass is 19.4. The Morgan fingerprint density at radius 1 is 1.31 bits per heavy atom. The number of hydrogen-bond donors (Lipinski definition) is 0. The number of carbonyl (C=O) groups excluding carboxylic acids is 1. The molecule has 0 unspecified atom stereocenters. The van der Waals surface area contributed by atoms with Crippen LogP contribution in [0.3, 0.4) is 0 Å². The SMILES string of the molecule is O=C=Cc1cccc(C(F)(F)F)c1. The molecule has 0 atom stereocenters. The standard InChI is InChI=1S/C9H5F3O/c10-9(11,12)8-3-1-2-7(6-8)4-5-13/h1-4,6H. The van der Waals surface area contributed by atoms with Gasteiger partial charge in [0.05, 0.1) is 5.56 Å². The van der Waals surface area contributed by atoms with Gasteiger partial charge in [-0.2, -0.15) is 13.2 Å². The smallest absolute Gasteiger partial charge is 0.233 e. The normalized spacial score (nSPS) is 10.7. The summed E-state index contributed by atoms with van der Waals surface area (Å²) in [7, 11) is 0. The van der Waals surface area contributed by atoms with Crippen molar-refractivity contribution in [3.8, 4) is 0 Å². The highest BCUT2D eigenvalue weighted by Gasteiger charge is 2.30. The Bertz CT molecular complexity index is 348. The molecule has 0 saturated heterocycles. The van der Waals surface area contributed by atoms with Gasteiger partial charge in [-0.3, -0.25) is 0 Å². The maximum Gasteiger partial charge on any atom is 0.416 e. The second-order valence-corrected chi connectivity index (χ2v) is 2.39. The summed E-state index contributed by atoms with van der Waals surface area (Å²) in [6, 6.07) is 4.49. The Kier molecular flexibility index (Phi) is 2.54. The first kappa shape index (κ1) is 9.55. The molecule has 0 aliphatic heterocycles. The summed E-state index contributed by atoms with van der Waals surface area (Å²) in [6.45, 7) is 0. The second kappa shape index (κ2) is 3.46. The van der Waals surface area contributed by atoms with E-state index in [1.807, 2.05) is 0 Å². The van der Waals surface area contributed by atoms with E-state index in [0.717, 1.165) is 18.2 Å². The van der Waals surface area contributed by atoms with Gasteiger partial charge in [0.1, 0.15) is 5.94 Å². The average molecular weight is 186 g/mol. The molecule has 0 amide bonds. The summed E-state index contributed by atoms with van der Waals surface area (Å²) in [6.07, 6.45) is -3.41. The molecule has 13 heavy (non-hydrogen) atoms. The molecule has 1 rings (SSSR count). The fourth-order valence-electron chi connectivity index (χ4n) is 0.873. The topological polar surface area (TPSA) is 17.1 Å². The molecule has 0 aliphatic carbocycles. The van der Waals surface area contributed by atoms with Gasteiger partial charge in [-0.25, -0.2) is 4.79 Å². The molecule has 68 valence electrons. The van der Waals surface area contributed by atoms with Gasteiger partial charge in [-0.15, -0.1) is 0 Å². The lowest BCUT2D eigenvalue weighted by molar-refractivity contribution is -0.137. The van der Waals surface area contributed by atoms with Gasteiger partial charge >= 0.3 is 6.18 Å². The first-order valence-electron chi connectivity index (χ1n) is 3.42. The third-order valence-corrected chi connectivity index (χ3v) is 1.44. The number of hydrogen-bond acceptors (Lipinski definition) is 1. The number of rotatable bonds is 1. The van der Waals surface area contributed by atoms with Crippen LogP contribution in [-0.4, -0.2) is 5.94 Å². The molecule has 1 aromatic carbocycles. The summed E-state index contributed by atoms with van der Waals surface area (Å²) in [5.41, 5.74) is -0.568. The summed E-state index contributed by atoms with van der Waals surface area (Å²) in [4.78, 5) is 9.87. The van der Waals surface area contributed by atoms with Crippen LogP contribution in [0.5, 0.6) is 0 Å². The lowest BCUT2D eigenvalue weighted by Gasteiger charge is -2.05. The van der Waals surface area contributed by atoms with Gasteiger partial charge in [-0.05, 0) is 17.7 Å². The van der Waals surface area contributed by atoms with Crippen LogP contribution >= 0.6 is 0 Å². The predicted octanol–water partition coefficient (Wildman–Crippen LogP) is 2.55. The summed E-state index contributed by atoms with van der Waals surface area (Å²) < 4.78 is 36.3. The van der Waals surface area contributed by atoms with Crippen LogP contribution in [0, 0.1) is 0 Å². The number of alkyl halides is 3. The van der Waals surface area contributed by atoms with Crippen molar-refractivity contribution in [2.45, 2.75) is 6.18 Å². The van der Waals surface area contributed by atoms with Crippen LogP contribution in [0.15, 0.2) is 24.3 Å². The zero-order valence-corrected chi connectivity index (χ0v) is 6.43. The minimum Gasteiger partial charge on any atom is -0.233 e. The van der Waals surface area contributed by atoms with Crippen LogP contribution in [0.4, 0.5) is 13.2 Å². The van der Waals surface area contributed by atoms with Crippen LogP contribution in [0.2, 0.25) is 0 Å². The Hall–Kier alpha value is -1.54. The van der Waals surface area contributed by atoms with Crippen LogP contribution in [0.25, 0.3) is 6.08 Å². The molecule has 1 aromatic rings. The number of benzene rings is 1. The first-order chi connectivity index (χ1) is 6.04. The van der Waals surface area contributed by atoms with E-state index in [2.05, 4.69) is 0 Å². The van der Waals surface area contributed by atoms with Gasteiger partial charge in [0, 0.05) is 6.08 Å². The van der Waals surface area contributed by atoms with E-state index in [1.54, 1.807) is 0 Å². The largest absolute Gasteiger partial charge is 0.416 e. The molecule has 4 heteroatoms. The minimum atomic E-state index is -4.37. The van der Waals surface area contributed by atoms with Crippen LogP contribution in [0.1, 0.15) is 11.1 Å². The molecule has 0 aliphatic rings. The van der Waals surface area contributed by atoms with Gasteiger partial charge in [0.25, 0.3) is 0 Å². The van der Waals surface area contributed by atoms with Crippen molar-refractivity contribution in [2.24, 2.45) is 0 Å². The highest BCUT2D eigenvalue weighted by Crippen LogP contribution is 2.29. The van der Waals surface area contributed by atoms with Crippen molar-refractivity contribution >= 4 is 12.0 Å². The fourth-order valence-corrected chi connectivity index (χ4v) is 0.873. The Balaban J connectivity index is 3.12. The predicted molar refractivity (Wildman–Crippen MR) is 41.6 cm³/mol. The van der Waals surface area contributed by atoms with Gasteiger partial charge in [0.15, 0.2) is 0 Å². The van der Waals surface area contributed by atoms with Crippen molar-refractivity contribution in [3.63, 3.8) is 0 Å². The quantitative estimate of drug-likeness (QED) is 0.616. The Labute approximate surface area is 72.5 Å². The average Bonchev–Trinajstić information content (AvgIpc) is 2.04. The lowest BCUT2D eigenvalue weighted by Crippen LogP contribution is -2.04. The molecule has 0 bridgehead atoms. The van der Waals surface area contributed by atoms with E-state index in [1.165, 1.54) is 18.1 Å². The summed E-state index contributed by atoms with van der Waals surface area (Å²) >= 11 is 0. The number of halogens is 3. The zero-order valence-electron chi connectivity index (χ0n) is 6.43. The van der Waals surface area contributed by atoms with E-state index >= 15 is 0 Å². The molecular formula is C9H5F3O. The third kappa shape index (κ3) is 2.46. The molecule has 0 radical (unpaired) electrons. The molecule has 0 saturated carbocycles. The van der Waals surface area contributed by atoms with Gasteiger partial charge in [0.2, 0.25) is 0 Å². The van der Waals surface area contributed by atoms with E-state index in [9.17, 15) is 18.0 Å². The van der Waals surface area contributed by atoms with Crippen LogP contribution in [-0.2, 0) is 11.0 Å². The molecule has 0 aromatic heterocycles. The van der Waals surface area contributed by atoms with Gasteiger partial charge in [-0.1, -0.05) is 12.1 Å². The maximum absolute atomic E-state index is 12.1. The Morgan fingerprint density at radius 3 is 2.54 bits per heavy atom. The van der Waals surface area contributed by atoms with E-state index < -0.39 is 11.7 Å². The molecule has 1 nitrogen and oxygen atoms in total. The maximum atomic E-state index is 12.1. The lowest BCUT2D eigenvalue weighted by atomic mass is 10.1. The minimum absolute atomic E-state index is 0.199. The van der Waals surface area contributed by atoms with Crippen LogP contribution < -0.4 is 0 Å². The van der Waals surface area contributed by atoms with E-state index in [-0.39, 0.29) is 5.56 Å².